The summed E-state index contributed by atoms with van der Waals surface area (Å²) in [6.07, 6.45) is 3.38. The number of rotatable bonds is 2. The van der Waals surface area contributed by atoms with Crippen molar-refractivity contribution < 1.29 is 13.9 Å². The van der Waals surface area contributed by atoms with Crippen LogP contribution in [0.25, 0.3) is 0 Å². The summed E-state index contributed by atoms with van der Waals surface area (Å²) in [6, 6.07) is -0.734. The highest BCUT2D eigenvalue weighted by Gasteiger charge is 2.17. The molecule has 1 heterocycles. The molecule has 0 aromatic carbocycles. The number of amides is 1. The number of nitrogens with one attached hydrogen (secondary N) is 2. The van der Waals surface area contributed by atoms with Crippen molar-refractivity contribution in [2.45, 2.75) is 26.0 Å². The van der Waals surface area contributed by atoms with Crippen LogP contribution in [0.4, 0.5) is 9.18 Å². The minimum atomic E-state index is -0.734. The van der Waals surface area contributed by atoms with Crippen molar-refractivity contribution >= 4 is 6.09 Å². The Kier molecular flexibility index (Phi) is 3.50. The summed E-state index contributed by atoms with van der Waals surface area (Å²) < 4.78 is 17.8. The van der Waals surface area contributed by atoms with Gasteiger partial charge in [0.15, 0.2) is 0 Å². The van der Waals surface area contributed by atoms with E-state index in [1.54, 1.807) is 20.0 Å². The Morgan fingerprint density at radius 3 is 3.00 bits per heavy atom. The van der Waals surface area contributed by atoms with Crippen LogP contribution in [0.15, 0.2) is 24.3 Å². The van der Waals surface area contributed by atoms with Crippen LogP contribution in [-0.2, 0) is 4.74 Å². The van der Waals surface area contributed by atoms with Crippen molar-refractivity contribution in [2.24, 2.45) is 0 Å². The largest absolute Gasteiger partial charge is 0.447 e. The topological polar surface area (TPSA) is 50.4 Å². The van der Waals surface area contributed by atoms with Gasteiger partial charge in [0.25, 0.3) is 0 Å². The van der Waals surface area contributed by atoms with E-state index in [-0.39, 0.29) is 6.10 Å². The fourth-order valence-corrected chi connectivity index (χ4v) is 0.953. The molecule has 0 aromatic rings. The second-order valence-corrected chi connectivity index (χ2v) is 3.13. The molecule has 1 amide bonds. The van der Waals surface area contributed by atoms with Crippen molar-refractivity contribution in [3.05, 3.63) is 24.3 Å². The van der Waals surface area contributed by atoms with Gasteiger partial charge in [0.1, 0.15) is 11.9 Å². The van der Waals surface area contributed by atoms with Crippen LogP contribution in [0, 0.1) is 0 Å². The Labute approximate surface area is 81.8 Å². The zero-order chi connectivity index (χ0) is 10.6. The first kappa shape index (κ1) is 10.6. The number of hydrogen-bond donors (Lipinski definition) is 2. The number of ether oxygens (including phenoxy) is 1. The van der Waals surface area contributed by atoms with E-state index < -0.39 is 18.0 Å². The van der Waals surface area contributed by atoms with Gasteiger partial charge < -0.3 is 15.4 Å². The molecule has 78 valence electrons. The molecule has 5 heteroatoms. The number of dihydropyridines is 1. The van der Waals surface area contributed by atoms with E-state index in [4.69, 9.17) is 4.74 Å². The second-order valence-electron chi connectivity index (χ2n) is 3.13. The van der Waals surface area contributed by atoms with Gasteiger partial charge in [-0.15, -0.1) is 0 Å². The lowest BCUT2D eigenvalue weighted by atomic mass is 10.2. The quantitative estimate of drug-likeness (QED) is 0.708. The van der Waals surface area contributed by atoms with E-state index in [9.17, 15) is 9.18 Å². The van der Waals surface area contributed by atoms with Gasteiger partial charge in [0, 0.05) is 6.20 Å². The van der Waals surface area contributed by atoms with Crippen LogP contribution in [0.2, 0.25) is 0 Å². The summed E-state index contributed by atoms with van der Waals surface area (Å²) >= 11 is 0. The first-order chi connectivity index (χ1) is 6.59. The lowest BCUT2D eigenvalue weighted by Gasteiger charge is -2.17. The van der Waals surface area contributed by atoms with Crippen LogP contribution in [0.1, 0.15) is 13.8 Å². The van der Waals surface area contributed by atoms with E-state index in [0.29, 0.717) is 0 Å². The number of carbonyl (C=O) groups is 1. The van der Waals surface area contributed by atoms with Crippen molar-refractivity contribution in [3.8, 4) is 0 Å². The van der Waals surface area contributed by atoms with E-state index >= 15 is 0 Å². The Balaban J connectivity index is 2.43. The molecule has 0 radical (unpaired) electrons. The minimum Gasteiger partial charge on any atom is -0.447 e. The highest BCUT2D eigenvalue weighted by molar-refractivity contribution is 5.68. The summed E-state index contributed by atoms with van der Waals surface area (Å²) in [5, 5.41) is 4.94. The third-order valence-electron chi connectivity index (χ3n) is 1.52. The maximum Gasteiger partial charge on any atom is 0.408 e. The average molecular weight is 200 g/mol. The fourth-order valence-electron chi connectivity index (χ4n) is 0.953. The summed E-state index contributed by atoms with van der Waals surface area (Å²) in [5.74, 6) is -0.451. The van der Waals surface area contributed by atoms with Gasteiger partial charge in [0.2, 0.25) is 0 Å². The molecule has 1 aliphatic rings. The van der Waals surface area contributed by atoms with Gasteiger partial charge in [-0.3, -0.25) is 0 Å². The summed E-state index contributed by atoms with van der Waals surface area (Å²) in [6.45, 7) is 3.45. The highest BCUT2D eigenvalue weighted by atomic mass is 19.1. The molecule has 1 rings (SSSR count). The minimum absolute atomic E-state index is 0.215. The normalized spacial score (nSPS) is 20.0. The van der Waals surface area contributed by atoms with Gasteiger partial charge >= 0.3 is 6.09 Å². The van der Waals surface area contributed by atoms with Gasteiger partial charge in [-0.2, -0.15) is 0 Å². The molecule has 14 heavy (non-hydrogen) atoms. The maximum atomic E-state index is 13.0. The monoisotopic (exact) mass is 200 g/mol. The van der Waals surface area contributed by atoms with Crippen molar-refractivity contribution in [1.82, 2.24) is 10.6 Å². The molecule has 0 fully saturated rings. The molecular weight excluding hydrogens is 187 g/mol. The smallest absolute Gasteiger partial charge is 0.408 e. The third kappa shape index (κ3) is 3.08. The molecule has 2 N–H and O–H groups in total. The molecule has 0 spiro atoms. The van der Waals surface area contributed by atoms with Gasteiger partial charge in [-0.1, -0.05) is 0 Å². The average Bonchev–Trinajstić information content (AvgIpc) is 2.07. The number of carbonyl (C=O) groups excluding carboxylic acids is 1. The van der Waals surface area contributed by atoms with Crippen LogP contribution in [0.5, 0.6) is 0 Å². The van der Waals surface area contributed by atoms with Crippen LogP contribution >= 0.6 is 0 Å². The summed E-state index contributed by atoms with van der Waals surface area (Å²) in [7, 11) is 0. The molecule has 0 aliphatic carbocycles. The van der Waals surface area contributed by atoms with Gasteiger partial charge in [0.05, 0.1) is 6.10 Å². The third-order valence-corrected chi connectivity index (χ3v) is 1.52. The molecule has 0 saturated heterocycles. The van der Waals surface area contributed by atoms with E-state index in [0.717, 1.165) is 0 Å². The molecule has 1 unspecified atom stereocenters. The Morgan fingerprint density at radius 1 is 1.71 bits per heavy atom. The molecule has 0 saturated carbocycles. The van der Waals surface area contributed by atoms with Crippen LogP contribution < -0.4 is 10.6 Å². The van der Waals surface area contributed by atoms with Gasteiger partial charge in [-0.25, -0.2) is 9.18 Å². The zero-order valence-corrected chi connectivity index (χ0v) is 8.08. The first-order valence-corrected chi connectivity index (χ1v) is 4.35. The molecule has 1 atom stereocenters. The van der Waals surface area contributed by atoms with Crippen LogP contribution in [0.3, 0.4) is 0 Å². The Bertz CT molecular complexity index is 274. The Hall–Kier alpha value is -1.52. The van der Waals surface area contributed by atoms with E-state index in [2.05, 4.69) is 10.6 Å². The lowest BCUT2D eigenvalue weighted by Crippen LogP contribution is -2.37. The molecule has 0 aromatic heterocycles. The van der Waals surface area contributed by atoms with Crippen molar-refractivity contribution in [2.75, 3.05) is 0 Å². The predicted molar refractivity (Wildman–Crippen MR) is 50.0 cm³/mol. The molecular formula is C9H13FN2O2. The maximum absolute atomic E-state index is 13.0. The van der Waals surface area contributed by atoms with E-state index in [1.165, 1.54) is 12.3 Å². The fraction of sp³-hybridized carbons (Fsp3) is 0.444. The summed E-state index contributed by atoms with van der Waals surface area (Å²) in [4.78, 5) is 11.1. The van der Waals surface area contributed by atoms with Crippen molar-refractivity contribution in [3.63, 3.8) is 0 Å². The highest BCUT2D eigenvalue weighted by Crippen LogP contribution is 2.08. The van der Waals surface area contributed by atoms with E-state index in [1.807, 2.05) is 0 Å². The lowest BCUT2D eigenvalue weighted by molar-refractivity contribution is 0.114. The molecule has 1 aliphatic heterocycles. The van der Waals surface area contributed by atoms with Crippen molar-refractivity contribution in [1.29, 1.82) is 0 Å². The van der Waals surface area contributed by atoms with Gasteiger partial charge in [-0.05, 0) is 26.1 Å². The Morgan fingerprint density at radius 2 is 2.43 bits per heavy atom. The number of hydrogen-bond acceptors (Lipinski definition) is 3. The van der Waals surface area contributed by atoms with Crippen LogP contribution in [-0.4, -0.2) is 18.2 Å². The summed E-state index contributed by atoms with van der Waals surface area (Å²) in [5.41, 5.74) is 0. The first-order valence-electron chi connectivity index (χ1n) is 4.35. The zero-order valence-electron chi connectivity index (χ0n) is 8.08. The molecule has 0 bridgehead atoms. The SMILES string of the molecule is CC(C)OC(=O)NC1C=CNC=C1F. The standard InChI is InChI=1S/C9H13FN2O2/c1-6(2)14-9(13)12-8-3-4-11-5-7(8)10/h3-6,8,11H,1-2H3,(H,12,13). The predicted octanol–water partition coefficient (Wildman–Crippen LogP) is 1.42. The number of halogens is 1. The second kappa shape index (κ2) is 4.64. The molecule has 4 nitrogen and oxygen atoms in total. The number of alkyl carbamates (subject to hydrolysis) is 1.